The number of benzene rings is 1. The molecule has 0 spiro atoms. The molecule has 1 aliphatic rings. The third-order valence-electron chi connectivity index (χ3n) is 3.54. The Hall–Kier alpha value is -1.35. The highest BCUT2D eigenvalue weighted by molar-refractivity contribution is 5.84. The molecule has 3 nitrogen and oxygen atoms in total. The van der Waals surface area contributed by atoms with Crippen LogP contribution < -0.4 is 10.6 Å². The van der Waals surface area contributed by atoms with Crippen molar-refractivity contribution in [2.45, 2.75) is 38.1 Å². The molecule has 3 heteroatoms. The van der Waals surface area contributed by atoms with Gasteiger partial charge in [-0.25, -0.2) is 0 Å². The molecule has 1 saturated heterocycles. The minimum absolute atomic E-state index is 0.0635. The maximum absolute atomic E-state index is 12.3. The Labute approximate surface area is 109 Å². The lowest BCUT2D eigenvalue weighted by atomic mass is 9.86. The molecule has 0 radical (unpaired) electrons. The first-order valence-electron chi connectivity index (χ1n) is 6.89. The molecule has 1 aliphatic heterocycles. The summed E-state index contributed by atoms with van der Waals surface area (Å²) in [6, 6.07) is 10.4. The average Bonchev–Trinajstić information content (AvgIpc) is 2.42. The van der Waals surface area contributed by atoms with Crippen LogP contribution in [0.3, 0.4) is 0 Å². The van der Waals surface area contributed by atoms with Crippen molar-refractivity contribution in [3.05, 3.63) is 35.9 Å². The molecule has 98 valence electrons. The molecule has 0 unspecified atom stereocenters. The first-order valence-corrected chi connectivity index (χ1v) is 6.89. The summed E-state index contributed by atoms with van der Waals surface area (Å²) in [4.78, 5) is 12.3. The molecular formula is C15H22N2O. The first kappa shape index (κ1) is 13.1. The summed E-state index contributed by atoms with van der Waals surface area (Å²) in [6.45, 7) is 3.68. The molecular weight excluding hydrogens is 224 g/mol. The van der Waals surface area contributed by atoms with Gasteiger partial charge in [-0.15, -0.1) is 0 Å². The SMILES string of the molecule is CCNC(=O)[C@H](c1ccccc1)[C@H]1CCCCN1. The Balaban J connectivity index is 2.19. The van der Waals surface area contributed by atoms with Gasteiger partial charge in [-0.2, -0.15) is 0 Å². The number of hydrogen-bond donors (Lipinski definition) is 2. The molecule has 1 aromatic carbocycles. The van der Waals surface area contributed by atoms with Crippen molar-refractivity contribution in [3.8, 4) is 0 Å². The Bertz CT molecular complexity index is 371. The summed E-state index contributed by atoms with van der Waals surface area (Å²) in [6.07, 6.45) is 3.50. The van der Waals surface area contributed by atoms with E-state index in [-0.39, 0.29) is 17.9 Å². The maximum atomic E-state index is 12.3. The number of nitrogens with one attached hydrogen (secondary N) is 2. The molecule has 0 bridgehead atoms. The number of piperidine rings is 1. The van der Waals surface area contributed by atoms with Crippen LogP contribution in [0.1, 0.15) is 37.7 Å². The van der Waals surface area contributed by atoms with Gasteiger partial charge < -0.3 is 10.6 Å². The maximum Gasteiger partial charge on any atom is 0.229 e. The molecule has 1 fully saturated rings. The Morgan fingerprint density at radius 3 is 2.78 bits per heavy atom. The van der Waals surface area contributed by atoms with Crippen LogP contribution in [0.5, 0.6) is 0 Å². The quantitative estimate of drug-likeness (QED) is 0.853. The van der Waals surface area contributed by atoms with Gasteiger partial charge in [0, 0.05) is 12.6 Å². The summed E-state index contributed by atoms with van der Waals surface area (Å²) in [5.74, 6) is 0.0783. The minimum atomic E-state index is -0.0635. The van der Waals surface area contributed by atoms with Crippen LogP contribution >= 0.6 is 0 Å². The molecule has 2 rings (SSSR count). The number of carbonyl (C=O) groups excluding carboxylic acids is 1. The van der Waals surface area contributed by atoms with Crippen LogP contribution in [0.25, 0.3) is 0 Å². The van der Waals surface area contributed by atoms with Crippen LogP contribution in [-0.4, -0.2) is 25.0 Å². The van der Waals surface area contributed by atoms with E-state index >= 15 is 0 Å². The van der Waals surface area contributed by atoms with E-state index in [0.717, 1.165) is 18.5 Å². The van der Waals surface area contributed by atoms with Crippen molar-refractivity contribution in [1.82, 2.24) is 10.6 Å². The zero-order valence-corrected chi connectivity index (χ0v) is 11.0. The molecule has 2 N–H and O–H groups in total. The zero-order valence-electron chi connectivity index (χ0n) is 11.0. The lowest BCUT2D eigenvalue weighted by molar-refractivity contribution is -0.123. The van der Waals surface area contributed by atoms with Gasteiger partial charge >= 0.3 is 0 Å². The second-order valence-electron chi connectivity index (χ2n) is 4.84. The van der Waals surface area contributed by atoms with Gasteiger partial charge in [0.1, 0.15) is 0 Å². The number of rotatable bonds is 4. The summed E-state index contributed by atoms with van der Waals surface area (Å²) < 4.78 is 0. The van der Waals surface area contributed by atoms with Gasteiger partial charge in [0.05, 0.1) is 5.92 Å². The Morgan fingerprint density at radius 1 is 1.39 bits per heavy atom. The lowest BCUT2D eigenvalue weighted by Crippen LogP contribution is -2.45. The summed E-state index contributed by atoms with van der Waals surface area (Å²) in [5.41, 5.74) is 1.11. The van der Waals surface area contributed by atoms with E-state index in [1.165, 1.54) is 12.8 Å². The number of likely N-dealkylation sites (N-methyl/N-ethyl adjacent to an activating group) is 1. The topological polar surface area (TPSA) is 41.1 Å². The molecule has 1 aromatic rings. The van der Waals surface area contributed by atoms with Gasteiger partial charge in [-0.05, 0) is 31.9 Å². The highest BCUT2D eigenvalue weighted by Gasteiger charge is 2.30. The molecule has 1 heterocycles. The van der Waals surface area contributed by atoms with E-state index < -0.39 is 0 Å². The van der Waals surface area contributed by atoms with E-state index in [9.17, 15) is 4.79 Å². The fourth-order valence-corrected chi connectivity index (χ4v) is 2.67. The fourth-order valence-electron chi connectivity index (χ4n) is 2.67. The third kappa shape index (κ3) is 3.10. The molecule has 0 aliphatic carbocycles. The number of carbonyl (C=O) groups is 1. The van der Waals surface area contributed by atoms with Crippen LogP contribution in [0.2, 0.25) is 0 Å². The zero-order chi connectivity index (χ0) is 12.8. The van der Waals surface area contributed by atoms with Crippen molar-refractivity contribution in [2.75, 3.05) is 13.1 Å². The highest BCUT2D eigenvalue weighted by atomic mass is 16.1. The summed E-state index contributed by atoms with van der Waals surface area (Å²) in [7, 11) is 0. The number of hydrogen-bond acceptors (Lipinski definition) is 2. The first-order chi connectivity index (χ1) is 8.83. The molecule has 0 aromatic heterocycles. The van der Waals surface area contributed by atoms with Crippen molar-refractivity contribution >= 4 is 5.91 Å². The van der Waals surface area contributed by atoms with Crippen molar-refractivity contribution in [3.63, 3.8) is 0 Å². The van der Waals surface area contributed by atoms with Crippen LogP contribution in [0.4, 0.5) is 0 Å². The normalized spacial score (nSPS) is 21.3. The van der Waals surface area contributed by atoms with Crippen LogP contribution in [0, 0.1) is 0 Å². The van der Waals surface area contributed by atoms with Crippen molar-refractivity contribution in [1.29, 1.82) is 0 Å². The van der Waals surface area contributed by atoms with E-state index in [2.05, 4.69) is 22.8 Å². The van der Waals surface area contributed by atoms with Crippen molar-refractivity contribution < 1.29 is 4.79 Å². The largest absolute Gasteiger partial charge is 0.356 e. The fraction of sp³-hybridized carbons (Fsp3) is 0.533. The van der Waals surface area contributed by atoms with E-state index in [1.807, 2.05) is 25.1 Å². The summed E-state index contributed by atoms with van der Waals surface area (Å²) >= 11 is 0. The van der Waals surface area contributed by atoms with E-state index in [1.54, 1.807) is 0 Å². The number of amides is 1. The standard InChI is InChI=1S/C15H22N2O/c1-2-16-15(18)14(12-8-4-3-5-9-12)13-10-6-7-11-17-13/h3-5,8-9,13-14,17H,2,6-7,10-11H2,1H3,(H,16,18)/t13-,14-/m1/s1. The second-order valence-corrected chi connectivity index (χ2v) is 4.84. The smallest absolute Gasteiger partial charge is 0.229 e. The molecule has 18 heavy (non-hydrogen) atoms. The predicted molar refractivity (Wildman–Crippen MR) is 73.5 cm³/mol. The predicted octanol–water partition coefficient (Wildman–Crippen LogP) is 2.05. The minimum Gasteiger partial charge on any atom is -0.356 e. The van der Waals surface area contributed by atoms with Crippen LogP contribution in [0.15, 0.2) is 30.3 Å². The molecule has 1 amide bonds. The highest BCUT2D eigenvalue weighted by Crippen LogP contribution is 2.25. The third-order valence-corrected chi connectivity index (χ3v) is 3.54. The van der Waals surface area contributed by atoms with Gasteiger partial charge in [-0.3, -0.25) is 4.79 Å². The van der Waals surface area contributed by atoms with E-state index in [0.29, 0.717) is 6.54 Å². The average molecular weight is 246 g/mol. The van der Waals surface area contributed by atoms with Gasteiger partial charge in [-0.1, -0.05) is 36.8 Å². The van der Waals surface area contributed by atoms with Crippen molar-refractivity contribution in [2.24, 2.45) is 0 Å². The molecule has 2 atom stereocenters. The van der Waals surface area contributed by atoms with Gasteiger partial charge in [0.25, 0.3) is 0 Å². The summed E-state index contributed by atoms with van der Waals surface area (Å²) in [5, 5.41) is 6.46. The monoisotopic (exact) mass is 246 g/mol. The lowest BCUT2D eigenvalue weighted by Gasteiger charge is -2.30. The molecule has 0 saturated carbocycles. The Morgan fingerprint density at radius 2 is 2.17 bits per heavy atom. The van der Waals surface area contributed by atoms with E-state index in [4.69, 9.17) is 0 Å². The van der Waals surface area contributed by atoms with Gasteiger partial charge in [0.15, 0.2) is 0 Å². The Kier molecular flexibility index (Phi) is 4.76. The van der Waals surface area contributed by atoms with Crippen LogP contribution in [-0.2, 0) is 4.79 Å². The second kappa shape index (κ2) is 6.55. The van der Waals surface area contributed by atoms with Gasteiger partial charge in [0.2, 0.25) is 5.91 Å².